The Bertz CT molecular complexity index is 408. The molecule has 0 radical (unpaired) electrons. The zero-order valence-corrected chi connectivity index (χ0v) is 11.0. The van der Waals surface area contributed by atoms with E-state index >= 15 is 0 Å². The van der Waals surface area contributed by atoms with E-state index in [1.807, 2.05) is 0 Å². The first kappa shape index (κ1) is 15.1. The van der Waals surface area contributed by atoms with Crippen LogP contribution in [-0.4, -0.2) is 5.11 Å². The first-order valence-electron chi connectivity index (χ1n) is 6.13. The van der Waals surface area contributed by atoms with Crippen LogP contribution in [0.5, 0.6) is 5.75 Å². The predicted octanol–water partition coefficient (Wildman–Crippen LogP) is 3.12. The predicted molar refractivity (Wildman–Crippen MR) is 73.2 cm³/mol. The largest absolute Gasteiger partial charge is 0.505 e. The Morgan fingerprint density at radius 2 is 1.83 bits per heavy atom. The summed E-state index contributed by atoms with van der Waals surface area (Å²) >= 11 is 0. The number of hydrogen-bond donors (Lipinski definition) is 3. The molecule has 0 aromatic heterocycles. The van der Waals surface area contributed by atoms with E-state index in [1.165, 1.54) is 12.5 Å². The van der Waals surface area contributed by atoms with Crippen molar-refractivity contribution in [2.75, 3.05) is 5.73 Å². The molecule has 1 atom stereocenters. The first-order valence-corrected chi connectivity index (χ1v) is 6.13. The molecule has 0 bridgehead atoms. The van der Waals surface area contributed by atoms with Crippen molar-refractivity contribution in [3.8, 4) is 5.75 Å². The molecule has 18 heavy (non-hydrogen) atoms. The van der Waals surface area contributed by atoms with E-state index in [0.29, 0.717) is 11.5 Å². The Labute approximate surface area is 113 Å². The number of phenols is 1. The zero-order valence-electron chi connectivity index (χ0n) is 10.2. The zero-order chi connectivity index (χ0) is 12.4. The molecule has 3 nitrogen and oxygen atoms in total. The van der Waals surface area contributed by atoms with Crippen molar-refractivity contribution in [3.05, 3.63) is 23.5 Å². The molecule has 2 rings (SSSR count). The van der Waals surface area contributed by atoms with Gasteiger partial charge < -0.3 is 16.6 Å². The molecule has 0 unspecified atom stereocenters. The number of rotatable bonds is 2. The van der Waals surface area contributed by atoms with E-state index < -0.39 is 5.82 Å². The van der Waals surface area contributed by atoms with Crippen LogP contribution < -0.4 is 11.5 Å². The lowest BCUT2D eigenvalue weighted by molar-refractivity contribution is 0.302. The number of phenolic OH excluding ortho intramolecular Hbond substituents is 1. The number of anilines is 1. The van der Waals surface area contributed by atoms with E-state index in [0.717, 1.165) is 31.7 Å². The molecule has 1 fully saturated rings. The maximum absolute atomic E-state index is 13.3. The molecule has 0 spiro atoms. The lowest BCUT2D eigenvalue weighted by Crippen LogP contribution is -2.24. The third-order valence-corrected chi connectivity index (χ3v) is 3.65. The number of hydrogen-bond acceptors (Lipinski definition) is 3. The molecule has 0 saturated heterocycles. The quantitative estimate of drug-likeness (QED) is 0.573. The smallest absolute Gasteiger partial charge is 0.143 e. The van der Waals surface area contributed by atoms with Crippen molar-refractivity contribution in [1.29, 1.82) is 0 Å². The molecule has 1 aliphatic rings. The Kier molecular flexibility index (Phi) is 5.23. The molecule has 0 heterocycles. The summed E-state index contributed by atoms with van der Waals surface area (Å²) < 4.78 is 13.3. The van der Waals surface area contributed by atoms with E-state index in [-0.39, 0.29) is 29.9 Å². The van der Waals surface area contributed by atoms with Gasteiger partial charge in [0, 0.05) is 17.7 Å². The molecular formula is C13H20ClFN2O. The average Bonchev–Trinajstić information content (AvgIpc) is 2.34. The van der Waals surface area contributed by atoms with Crippen LogP contribution in [0.1, 0.15) is 43.7 Å². The van der Waals surface area contributed by atoms with Crippen LogP contribution in [0.15, 0.2) is 12.1 Å². The van der Waals surface area contributed by atoms with Crippen LogP contribution >= 0.6 is 12.4 Å². The summed E-state index contributed by atoms with van der Waals surface area (Å²) in [5, 5.41) is 9.85. The van der Waals surface area contributed by atoms with Crippen molar-refractivity contribution >= 4 is 18.1 Å². The number of aromatic hydroxyl groups is 1. The molecule has 1 aromatic carbocycles. The molecular weight excluding hydrogens is 255 g/mol. The minimum absolute atomic E-state index is 0. The number of benzene rings is 1. The van der Waals surface area contributed by atoms with Crippen LogP contribution in [0.4, 0.5) is 10.1 Å². The van der Waals surface area contributed by atoms with Gasteiger partial charge in [0.25, 0.3) is 0 Å². The second-order valence-electron chi connectivity index (χ2n) is 4.86. The summed E-state index contributed by atoms with van der Waals surface area (Å²) in [5.41, 5.74) is 12.2. The maximum atomic E-state index is 13.3. The fourth-order valence-corrected chi connectivity index (χ4v) is 2.64. The minimum Gasteiger partial charge on any atom is -0.505 e. The summed E-state index contributed by atoms with van der Waals surface area (Å²) in [6.07, 6.45) is 5.63. The summed E-state index contributed by atoms with van der Waals surface area (Å²) in [4.78, 5) is 0. The minimum atomic E-state index is -0.443. The van der Waals surface area contributed by atoms with Gasteiger partial charge in [-0.1, -0.05) is 19.3 Å². The second-order valence-corrected chi connectivity index (χ2v) is 4.86. The highest BCUT2D eigenvalue weighted by Gasteiger charge is 2.25. The standard InChI is InChI=1S/C13H19FN2O.ClH/c14-9-6-10(13(17)11(15)7-9)12(16)8-4-2-1-3-5-8;/h6-8,12,17H,1-5,15-16H2;1H/t12-;/m1./s1. The van der Waals surface area contributed by atoms with Crippen LogP contribution in [0.2, 0.25) is 0 Å². The number of nitrogen functional groups attached to an aromatic ring is 1. The van der Waals surface area contributed by atoms with Gasteiger partial charge >= 0.3 is 0 Å². The van der Waals surface area contributed by atoms with Gasteiger partial charge in [0.1, 0.15) is 11.6 Å². The molecule has 5 N–H and O–H groups in total. The van der Waals surface area contributed by atoms with Gasteiger partial charge in [-0.3, -0.25) is 0 Å². The molecule has 0 amide bonds. The molecule has 5 heteroatoms. The van der Waals surface area contributed by atoms with Crippen molar-refractivity contribution in [3.63, 3.8) is 0 Å². The molecule has 1 aliphatic carbocycles. The Morgan fingerprint density at radius 3 is 2.44 bits per heavy atom. The fourth-order valence-electron chi connectivity index (χ4n) is 2.64. The monoisotopic (exact) mass is 274 g/mol. The Morgan fingerprint density at radius 1 is 1.22 bits per heavy atom. The van der Waals surface area contributed by atoms with Crippen molar-refractivity contribution in [2.24, 2.45) is 11.7 Å². The molecule has 102 valence electrons. The second kappa shape index (κ2) is 6.25. The van der Waals surface area contributed by atoms with Gasteiger partial charge in [-0.15, -0.1) is 12.4 Å². The van der Waals surface area contributed by atoms with Crippen molar-refractivity contribution < 1.29 is 9.50 Å². The number of nitrogens with two attached hydrogens (primary N) is 2. The third kappa shape index (κ3) is 3.06. The molecule has 1 saturated carbocycles. The summed E-state index contributed by atoms with van der Waals surface area (Å²) in [7, 11) is 0. The van der Waals surface area contributed by atoms with Crippen LogP contribution in [0.3, 0.4) is 0 Å². The van der Waals surface area contributed by atoms with Gasteiger partial charge in [-0.25, -0.2) is 4.39 Å². The summed E-state index contributed by atoms with van der Waals surface area (Å²) in [5.74, 6) is -0.193. The molecule has 0 aliphatic heterocycles. The van der Waals surface area contributed by atoms with Gasteiger partial charge in [0.15, 0.2) is 0 Å². The summed E-state index contributed by atoms with van der Waals surface area (Å²) in [6.45, 7) is 0. The lowest BCUT2D eigenvalue weighted by atomic mass is 9.81. The average molecular weight is 275 g/mol. The highest BCUT2D eigenvalue weighted by Crippen LogP contribution is 2.38. The van der Waals surface area contributed by atoms with Gasteiger partial charge in [-0.05, 0) is 24.8 Å². The fraction of sp³-hybridized carbons (Fsp3) is 0.538. The van der Waals surface area contributed by atoms with E-state index in [1.54, 1.807) is 0 Å². The number of halogens is 2. The highest BCUT2D eigenvalue weighted by atomic mass is 35.5. The third-order valence-electron chi connectivity index (χ3n) is 3.65. The SMILES string of the molecule is Cl.Nc1cc(F)cc([C@H](N)C2CCCCC2)c1O. The summed E-state index contributed by atoms with van der Waals surface area (Å²) in [6, 6.07) is 2.09. The van der Waals surface area contributed by atoms with Gasteiger partial charge in [0.05, 0.1) is 5.69 Å². The van der Waals surface area contributed by atoms with Crippen molar-refractivity contribution in [2.45, 2.75) is 38.1 Å². The maximum Gasteiger partial charge on any atom is 0.143 e. The van der Waals surface area contributed by atoms with Crippen LogP contribution in [0, 0.1) is 11.7 Å². The molecule has 1 aromatic rings. The van der Waals surface area contributed by atoms with Crippen LogP contribution in [-0.2, 0) is 0 Å². The lowest BCUT2D eigenvalue weighted by Gasteiger charge is -2.28. The van der Waals surface area contributed by atoms with Crippen molar-refractivity contribution in [1.82, 2.24) is 0 Å². The first-order chi connectivity index (χ1) is 8.09. The van der Waals surface area contributed by atoms with E-state index in [2.05, 4.69) is 0 Å². The van der Waals surface area contributed by atoms with Gasteiger partial charge in [0.2, 0.25) is 0 Å². The topological polar surface area (TPSA) is 72.3 Å². The Hall–Kier alpha value is -1.00. The van der Waals surface area contributed by atoms with E-state index in [9.17, 15) is 9.50 Å². The van der Waals surface area contributed by atoms with E-state index in [4.69, 9.17) is 11.5 Å². The highest BCUT2D eigenvalue weighted by molar-refractivity contribution is 5.85. The van der Waals surface area contributed by atoms with Crippen LogP contribution in [0.25, 0.3) is 0 Å². The van der Waals surface area contributed by atoms with Gasteiger partial charge in [-0.2, -0.15) is 0 Å². The Balaban J connectivity index is 0.00000162. The normalized spacial score (nSPS) is 18.1.